The van der Waals surface area contributed by atoms with Gasteiger partial charge in [-0.05, 0) is 57.0 Å². The molecular formula is C18H22N4O2. The van der Waals surface area contributed by atoms with Crippen LogP contribution in [0.4, 0.5) is 0 Å². The van der Waals surface area contributed by atoms with Gasteiger partial charge < -0.3 is 10.2 Å². The summed E-state index contributed by atoms with van der Waals surface area (Å²) in [7, 11) is 0. The van der Waals surface area contributed by atoms with Crippen LogP contribution in [0.3, 0.4) is 0 Å². The van der Waals surface area contributed by atoms with Gasteiger partial charge in [-0.15, -0.1) is 0 Å². The zero-order chi connectivity index (χ0) is 17.1. The average molecular weight is 326 g/mol. The van der Waals surface area contributed by atoms with E-state index in [1.54, 1.807) is 17.0 Å². The summed E-state index contributed by atoms with van der Waals surface area (Å²) in [5.74, 6) is -0.248. The molecule has 1 N–H and O–H groups in total. The lowest BCUT2D eigenvalue weighted by atomic mass is 10.2. The van der Waals surface area contributed by atoms with Crippen molar-refractivity contribution in [3.05, 3.63) is 47.3 Å². The van der Waals surface area contributed by atoms with Crippen molar-refractivity contribution in [3.8, 4) is 5.69 Å². The van der Waals surface area contributed by atoms with Crippen LogP contribution < -0.4 is 5.32 Å². The number of aromatic nitrogens is 2. The van der Waals surface area contributed by atoms with E-state index in [1.165, 1.54) is 0 Å². The molecule has 0 atom stereocenters. The monoisotopic (exact) mass is 326 g/mol. The number of aryl methyl sites for hydroxylation is 2. The number of likely N-dealkylation sites (tertiary alicyclic amines) is 1. The lowest BCUT2D eigenvalue weighted by Gasteiger charge is -2.15. The minimum atomic E-state index is -0.234. The maximum Gasteiger partial charge on any atom is 0.251 e. The molecule has 0 saturated carbocycles. The molecule has 2 amide bonds. The molecule has 2 aromatic rings. The molecule has 1 aliphatic rings. The van der Waals surface area contributed by atoms with Crippen LogP contribution in [-0.2, 0) is 4.79 Å². The quantitative estimate of drug-likeness (QED) is 0.932. The first-order chi connectivity index (χ1) is 11.5. The molecule has 6 heteroatoms. The van der Waals surface area contributed by atoms with E-state index in [0.29, 0.717) is 5.56 Å². The predicted molar refractivity (Wildman–Crippen MR) is 91.2 cm³/mol. The molecule has 126 valence electrons. The van der Waals surface area contributed by atoms with Gasteiger partial charge in [0.25, 0.3) is 5.91 Å². The van der Waals surface area contributed by atoms with E-state index in [0.717, 1.165) is 43.0 Å². The third-order valence-corrected chi connectivity index (χ3v) is 4.24. The molecule has 0 unspecified atom stereocenters. The van der Waals surface area contributed by atoms with Gasteiger partial charge in [0.15, 0.2) is 0 Å². The van der Waals surface area contributed by atoms with Crippen molar-refractivity contribution in [2.75, 3.05) is 19.6 Å². The Morgan fingerprint density at radius 2 is 1.79 bits per heavy atom. The van der Waals surface area contributed by atoms with Crippen molar-refractivity contribution in [1.82, 2.24) is 20.0 Å². The van der Waals surface area contributed by atoms with E-state index in [4.69, 9.17) is 0 Å². The van der Waals surface area contributed by atoms with Gasteiger partial charge in [-0.25, -0.2) is 4.68 Å². The van der Waals surface area contributed by atoms with Crippen molar-refractivity contribution in [1.29, 1.82) is 0 Å². The number of carbonyl (C=O) groups is 2. The maximum atomic E-state index is 12.2. The van der Waals surface area contributed by atoms with Gasteiger partial charge >= 0.3 is 0 Å². The predicted octanol–water partition coefficient (Wildman–Crippen LogP) is 1.84. The third-order valence-electron chi connectivity index (χ3n) is 4.24. The number of amides is 2. The summed E-state index contributed by atoms with van der Waals surface area (Å²) >= 11 is 0. The minimum Gasteiger partial charge on any atom is -0.343 e. The molecule has 1 aromatic heterocycles. The second kappa shape index (κ2) is 6.86. The van der Waals surface area contributed by atoms with E-state index in [-0.39, 0.29) is 18.4 Å². The van der Waals surface area contributed by atoms with E-state index in [1.807, 2.05) is 36.7 Å². The van der Waals surface area contributed by atoms with Crippen LogP contribution in [0.5, 0.6) is 0 Å². The van der Waals surface area contributed by atoms with Crippen LogP contribution >= 0.6 is 0 Å². The number of hydrogen-bond donors (Lipinski definition) is 1. The number of hydrogen-bond acceptors (Lipinski definition) is 3. The zero-order valence-corrected chi connectivity index (χ0v) is 14.1. The fraction of sp³-hybridized carbons (Fsp3) is 0.389. The lowest BCUT2D eigenvalue weighted by Crippen LogP contribution is -2.38. The molecule has 0 spiro atoms. The Morgan fingerprint density at radius 1 is 1.12 bits per heavy atom. The summed E-state index contributed by atoms with van der Waals surface area (Å²) in [5.41, 5.74) is 3.44. The summed E-state index contributed by atoms with van der Waals surface area (Å²) in [5, 5.41) is 7.12. The highest BCUT2D eigenvalue weighted by molar-refractivity contribution is 5.96. The number of nitrogens with one attached hydrogen (secondary N) is 1. The molecule has 0 bridgehead atoms. The summed E-state index contributed by atoms with van der Waals surface area (Å²) in [4.78, 5) is 25.9. The van der Waals surface area contributed by atoms with Gasteiger partial charge in [0.05, 0.1) is 17.9 Å². The van der Waals surface area contributed by atoms with Crippen molar-refractivity contribution < 1.29 is 9.59 Å². The van der Waals surface area contributed by atoms with Crippen molar-refractivity contribution in [2.45, 2.75) is 26.7 Å². The topological polar surface area (TPSA) is 67.2 Å². The SMILES string of the molecule is Cc1cc(C)n(-c2ccc(C(=O)NCC(=O)N3CCCC3)cc2)n1. The van der Waals surface area contributed by atoms with Gasteiger partial charge in [-0.2, -0.15) is 5.10 Å². The minimum absolute atomic E-state index is 0.0138. The Morgan fingerprint density at radius 3 is 2.38 bits per heavy atom. The molecule has 1 saturated heterocycles. The van der Waals surface area contributed by atoms with Gasteiger partial charge in [-0.1, -0.05) is 0 Å². The Kier molecular flexibility index (Phi) is 4.64. The molecule has 24 heavy (non-hydrogen) atoms. The normalized spacial score (nSPS) is 14.0. The fourth-order valence-electron chi connectivity index (χ4n) is 2.98. The summed E-state index contributed by atoms with van der Waals surface area (Å²) < 4.78 is 1.84. The molecule has 1 aliphatic heterocycles. The summed E-state index contributed by atoms with van der Waals surface area (Å²) in [6, 6.07) is 9.22. The third kappa shape index (κ3) is 3.48. The number of carbonyl (C=O) groups excluding carboxylic acids is 2. The molecule has 2 heterocycles. The first-order valence-corrected chi connectivity index (χ1v) is 8.24. The molecule has 1 fully saturated rings. The van der Waals surface area contributed by atoms with Gasteiger partial charge in [0.1, 0.15) is 0 Å². The van der Waals surface area contributed by atoms with Crippen molar-refractivity contribution in [2.24, 2.45) is 0 Å². The molecular weight excluding hydrogens is 304 g/mol. The zero-order valence-electron chi connectivity index (χ0n) is 14.1. The molecule has 1 aromatic carbocycles. The molecule has 0 radical (unpaired) electrons. The second-order valence-corrected chi connectivity index (χ2v) is 6.16. The summed E-state index contributed by atoms with van der Waals surface area (Å²) in [6.45, 7) is 5.59. The van der Waals surface area contributed by atoms with E-state index in [2.05, 4.69) is 10.4 Å². The highest BCUT2D eigenvalue weighted by atomic mass is 16.2. The van der Waals surface area contributed by atoms with E-state index < -0.39 is 0 Å². The second-order valence-electron chi connectivity index (χ2n) is 6.16. The number of rotatable bonds is 4. The first-order valence-electron chi connectivity index (χ1n) is 8.24. The Bertz CT molecular complexity index is 743. The molecule has 0 aliphatic carbocycles. The van der Waals surface area contributed by atoms with Gasteiger partial charge in [0.2, 0.25) is 5.91 Å². The smallest absolute Gasteiger partial charge is 0.251 e. The van der Waals surface area contributed by atoms with Crippen molar-refractivity contribution in [3.63, 3.8) is 0 Å². The first kappa shape index (κ1) is 16.2. The largest absolute Gasteiger partial charge is 0.343 e. The van der Waals surface area contributed by atoms with E-state index >= 15 is 0 Å². The van der Waals surface area contributed by atoms with Crippen LogP contribution in [0.1, 0.15) is 34.6 Å². The molecule has 3 rings (SSSR count). The van der Waals surface area contributed by atoms with E-state index in [9.17, 15) is 9.59 Å². The summed E-state index contributed by atoms with van der Waals surface area (Å²) in [6.07, 6.45) is 2.10. The standard InChI is InChI=1S/C18H22N4O2/c1-13-11-14(2)22(20-13)16-7-5-15(6-8-16)18(24)19-12-17(23)21-9-3-4-10-21/h5-8,11H,3-4,9-10,12H2,1-2H3,(H,19,24). The van der Waals surface area contributed by atoms with Gasteiger partial charge in [-0.3, -0.25) is 9.59 Å². The fourth-order valence-corrected chi connectivity index (χ4v) is 2.98. The highest BCUT2D eigenvalue weighted by Gasteiger charge is 2.18. The van der Waals surface area contributed by atoms with Gasteiger partial charge in [0, 0.05) is 24.3 Å². The average Bonchev–Trinajstić information content (AvgIpc) is 3.22. The van der Waals surface area contributed by atoms with Crippen LogP contribution in [-0.4, -0.2) is 46.1 Å². The Labute approximate surface area is 141 Å². The van der Waals surface area contributed by atoms with Crippen LogP contribution in [0.25, 0.3) is 5.69 Å². The molecule has 6 nitrogen and oxygen atoms in total. The lowest BCUT2D eigenvalue weighted by molar-refractivity contribution is -0.129. The van der Waals surface area contributed by atoms with Crippen LogP contribution in [0, 0.1) is 13.8 Å². The number of benzene rings is 1. The number of nitrogens with zero attached hydrogens (tertiary/aromatic N) is 3. The van der Waals surface area contributed by atoms with Crippen molar-refractivity contribution >= 4 is 11.8 Å². The highest BCUT2D eigenvalue weighted by Crippen LogP contribution is 2.13. The van der Waals surface area contributed by atoms with Crippen LogP contribution in [0.15, 0.2) is 30.3 Å². The Balaban J connectivity index is 1.61. The maximum absolute atomic E-state index is 12.2. The van der Waals surface area contributed by atoms with Crippen LogP contribution in [0.2, 0.25) is 0 Å². The Hall–Kier alpha value is -2.63.